The van der Waals surface area contributed by atoms with Crippen LogP contribution in [0, 0.1) is 13.8 Å². The first kappa shape index (κ1) is 14.1. The van der Waals surface area contributed by atoms with Gasteiger partial charge in [-0.15, -0.1) is 10.2 Å². The molecule has 0 radical (unpaired) electrons. The number of aromatic amines is 1. The van der Waals surface area contributed by atoms with E-state index in [1.165, 1.54) is 5.56 Å². The van der Waals surface area contributed by atoms with Crippen LogP contribution in [-0.4, -0.2) is 15.2 Å². The maximum atomic E-state index is 12.0. The molecule has 22 heavy (non-hydrogen) atoms. The van der Waals surface area contributed by atoms with Crippen molar-refractivity contribution in [3.05, 3.63) is 69.5 Å². The molecule has 112 valence electrons. The maximum absolute atomic E-state index is 12.0. The number of benzene rings is 1. The Kier molecular flexibility index (Phi) is 3.74. The Hall–Kier alpha value is -2.89. The first-order valence-electron chi connectivity index (χ1n) is 6.94. The van der Waals surface area contributed by atoms with Crippen molar-refractivity contribution < 1.29 is 4.42 Å². The van der Waals surface area contributed by atoms with E-state index in [9.17, 15) is 4.79 Å². The van der Waals surface area contributed by atoms with E-state index >= 15 is 0 Å². The fraction of sp³-hybridized carbons (Fsp3) is 0.188. The van der Waals surface area contributed by atoms with E-state index in [1.54, 1.807) is 18.4 Å². The third-order valence-electron chi connectivity index (χ3n) is 3.46. The molecule has 0 spiro atoms. The molecule has 0 saturated heterocycles. The first-order valence-corrected chi connectivity index (χ1v) is 6.94. The minimum absolute atomic E-state index is 0.280. The minimum atomic E-state index is -0.280. The Morgan fingerprint density at radius 2 is 2.05 bits per heavy atom. The van der Waals surface area contributed by atoms with Crippen LogP contribution in [0.3, 0.4) is 0 Å². The average Bonchev–Trinajstić information content (AvgIpc) is 2.99. The SMILES string of the molecule is Cc1ccc(Nc2nnc(Cc3ccco3)c(=O)[nH]2)cc1C. The van der Waals surface area contributed by atoms with Crippen LogP contribution in [-0.2, 0) is 6.42 Å². The molecule has 2 aromatic heterocycles. The zero-order valence-electron chi connectivity index (χ0n) is 12.4. The standard InChI is InChI=1S/C16H16N4O2/c1-10-5-6-12(8-11(10)2)17-16-18-15(21)14(19-20-16)9-13-4-3-7-22-13/h3-8H,9H2,1-2H3,(H2,17,18,20,21). The maximum Gasteiger partial charge on any atom is 0.274 e. The van der Waals surface area contributed by atoms with Crippen LogP contribution in [0.1, 0.15) is 22.6 Å². The predicted octanol–water partition coefficient (Wildman–Crippen LogP) is 2.71. The van der Waals surface area contributed by atoms with Gasteiger partial charge in [-0.1, -0.05) is 6.07 Å². The summed E-state index contributed by atoms with van der Waals surface area (Å²) in [6, 6.07) is 9.49. The molecular weight excluding hydrogens is 280 g/mol. The molecule has 0 unspecified atom stereocenters. The van der Waals surface area contributed by atoms with E-state index in [0.717, 1.165) is 11.3 Å². The Balaban J connectivity index is 1.79. The molecule has 6 nitrogen and oxygen atoms in total. The van der Waals surface area contributed by atoms with Crippen LogP contribution in [0.2, 0.25) is 0 Å². The van der Waals surface area contributed by atoms with Gasteiger partial charge in [0, 0.05) is 5.69 Å². The molecule has 2 N–H and O–H groups in total. The van der Waals surface area contributed by atoms with Crippen molar-refractivity contribution in [3.63, 3.8) is 0 Å². The fourth-order valence-corrected chi connectivity index (χ4v) is 2.07. The van der Waals surface area contributed by atoms with Crippen molar-refractivity contribution in [1.82, 2.24) is 15.2 Å². The van der Waals surface area contributed by atoms with Gasteiger partial charge in [0.25, 0.3) is 5.56 Å². The van der Waals surface area contributed by atoms with E-state index < -0.39 is 0 Å². The molecule has 1 aromatic carbocycles. The lowest BCUT2D eigenvalue weighted by Crippen LogP contribution is -2.18. The van der Waals surface area contributed by atoms with Crippen molar-refractivity contribution in [3.8, 4) is 0 Å². The first-order chi connectivity index (χ1) is 10.6. The molecule has 0 atom stereocenters. The molecule has 0 aliphatic heterocycles. The van der Waals surface area contributed by atoms with Gasteiger partial charge in [0.05, 0.1) is 12.7 Å². The molecule has 0 saturated carbocycles. The molecule has 2 heterocycles. The van der Waals surface area contributed by atoms with Gasteiger partial charge in [-0.2, -0.15) is 0 Å². The smallest absolute Gasteiger partial charge is 0.274 e. The Morgan fingerprint density at radius 1 is 1.18 bits per heavy atom. The van der Waals surface area contributed by atoms with E-state index in [-0.39, 0.29) is 5.56 Å². The molecule has 0 fully saturated rings. The Labute approximate surface area is 127 Å². The van der Waals surface area contributed by atoms with Crippen LogP contribution in [0.4, 0.5) is 11.6 Å². The summed E-state index contributed by atoms with van der Waals surface area (Å²) in [6.07, 6.45) is 1.88. The Morgan fingerprint density at radius 3 is 2.73 bits per heavy atom. The lowest BCUT2D eigenvalue weighted by molar-refractivity contribution is 0.517. The normalized spacial score (nSPS) is 10.6. The number of aromatic nitrogens is 3. The van der Waals surface area contributed by atoms with Crippen LogP contribution >= 0.6 is 0 Å². The highest BCUT2D eigenvalue weighted by atomic mass is 16.3. The zero-order chi connectivity index (χ0) is 15.5. The zero-order valence-corrected chi connectivity index (χ0v) is 12.4. The summed E-state index contributed by atoms with van der Waals surface area (Å²) < 4.78 is 5.21. The van der Waals surface area contributed by atoms with Gasteiger partial charge < -0.3 is 9.73 Å². The number of nitrogens with one attached hydrogen (secondary N) is 2. The van der Waals surface area contributed by atoms with Crippen molar-refractivity contribution in [2.45, 2.75) is 20.3 Å². The third kappa shape index (κ3) is 3.06. The Bertz CT molecular complexity index is 838. The molecule has 3 aromatic rings. The lowest BCUT2D eigenvalue weighted by Gasteiger charge is -2.07. The van der Waals surface area contributed by atoms with Crippen molar-refractivity contribution in [2.75, 3.05) is 5.32 Å². The summed E-state index contributed by atoms with van der Waals surface area (Å²) in [5.74, 6) is 0.992. The second kappa shape index (κ2) is 5.85. The second-order valence-electron chi connectivity index (χ2n) is 5.13. The predicted molar refractivity (Wildman–Crippen MR) is 83.4 cm³/mol. The van der Waals surface area contributed by atoms with Gasteiger partial charge in [-0.05, 0) is 49.2 Å². The molecule has 0 aliphatic rings. The van der Waals surface area contributed by atoms with E-state index in [0.29, 0.717) is 23.8 Å². The molecule has 0 aliphatic carbocycles. The largest absolute Gasteiger partial charge is 0.469 e. The van der Waals surface area contributed by atoms with Gasteiger partial charge in [0.2, 0.25) is 5.95 Å². The number of nitrogens with zero attached hydrogens (tertiary/aromatic N) is 2. The van der Waals surface area contributed by atoms with Crippen LogP contribution in [0.25, 0.3) is 0 Å². The lowest BCUT2D eigenvalue weighted by atomic mass is 10.1. The molecular formula is C16H16N4O2. The topological polar surface area (TPSA) is 83.8 Å². The molecule has 6 heteroatoms. The second-order valence-corrected chi connectivity index (χ2v) is 5.13. The number of aryl methyl sites for hydroxylation is 2. The monoisotopic (exact) mass is 296 g/mol. The molecule has 0 amide bonds. The van der Waals surface area contributed by atoms with E-state index in [4.69, 9.17) is 4.42 Å². The quantitative estimate of drug-likeness (QED) is 0.773. The number of anilines is 2. The third-order valence-corrected chi connectivity index (χ3v) is 3.46. The minimum Gasteiger partial charge on any atom is -0.469 e. The van der Waals surface area contributed by atoms with Crippen molar-refractivity contribution >= 4 is 11.6 Å². The number of rotatable bonds is 4. The van der Waals surface area contributed by atoms with Crippen LogP contribution < -0.4 is 10.9 Å². The summed E-state index contributed by atoms with van der Waals surface area (Å²) in [7, 11) is 0. The van der Waals surface area contributed by atoms with Crippen LogP contribution in [0.5, 0.6) is 0 Å². The molecule has 3 rings (SSSR count). The molecule has 0 bridgehead atoms. The summed E-state index contributed by atoms with van der Waals surface area (Å²) in [5.41, 5.74) is 3.26. The number of hydrogen-bond donors (Lipinski definition) is 2. The van der Waals surface area contributed by atoms with E-state index in [2.05, 4.69) is 20.5 Å². The highest BCUT2D eigenvalue weighted by Crippen LogP contribution is 2.16. The average molecular weight is 296 g/mol. The summed E-state index contributed by atoms with van der Waals surface area (Å²) in [5, 5.41) is 11.0. The number of H-pyrrole nitrogens is 1. The van der Waals surface area contributed by atoms with Gasteiger partial charge in [-0.3, -0.25) is 9.78 Å². The van der Waals surface area contributed by atoms with Gasteiger partial charge in [0.1, 0.15) is 11.5 Å². The van der Waals surface area contributed by atoms with Gasteiger partial charge in [-0.25, -0.2) is 0 Å². The van der Waals surface area contributed by atoms with E-state index in [1.807, 2.05) is 32.0 Å². The van der Waals surface area contributed by atoms with Gasteiger partial charge >= 0.3 is 0 Å². The fourth-order valence-electron chi connectivity index (χ4n) is 2.07. The summed E-state index contributed by atoms with van der Waals surface area (Å²) in [4.78, 5) is 14.7. The summed E-state index contributed by atoms with van der Waals surface area (Å²) in [6.45, 7) is 4.08. The van der Waals surface area contributed by atoms with Crippen LogP contribution in [0.15, 0.2) is 45.8 Å². The van der Waals surface area contributed by atoms with Crippen molar-refractivity contribution in [1.29, 1.82) is 0 Å². The summed E-state index contributed by atoms with van der Waals surface area (Å²) >= 11 is 0. The highest BCUT2D eigenvalue weighted by molar-refractivity contribution is 5.55. The van der Waals surface area contributed by atoms with Gasteiger partial charge in [0.15, 0.2) is 0 Å². The van der Waals surface area contributed by atoms with Crippen molar-refractivity contribution in [2.24, 2.45) is 0 Å². The number of hydrogen-bond acceptors (Lipinski definition) is 5. The highest BCUT2D eigenvalue weighted by Gasteiger charge is 2.08. The number of furan rings is 1.